The fourth-order valence-corrected chi connectivity index (χ4v) is 3.58. The van der Waals surface area contributed by atoms with Gasteiger partial charge in [-0.25, -0.2) is 12.8 Å². The Morgan fingerprint density at radius 1 is 1.21 bits per heavy atom. The number of rotatable bonds is 5. The molecule has 2 aromatic heterocycles. The molecule has 0 saturated heterocycles. The molecule has 1 aromatic carbocycles. The first-order valence-corrected chi connectivity index (χ1v) is 8.62. The number of nitrogens with one attached hydrogen (secondary N) is 1. The third kappa shape index (κ3) is 3.46. The fraction of sp³-hybridized carbons (Fsp3) is 0.200. The van der Waals surface area contributed by atoms with Crippen molar-refractivity contribution in [3.05, 3.63) is 59.9 Å². The molecule has 24 heavy (non-hydrogen) atoms. The summed E-state index contributed by atoms with van der Waals surface area (Å²) >= 11 is 0. The summed E-state index contributed by atoms with van der Waals surface area (Å²) in [5, 5.41) is 8.15. The van der Waals surface area contributed by atoms with Gasteiger partial charge < -0.3 is 0 Å². The van der Waals surface area contributed by atoms with Crippen molar-refractivity contribution in [3.8, 4) is 0 Å². The molecule has 0 unspecified atom stereocenters. The van der Waals surface area contributed by atoms with E-state index in [9.17, 15) is 12.8 Å². The van der Waals surface area contributed by atoms with E-state index >= 15 is 0 Å². The van der Waals surface area contributed by atoms with Crippen molar-refractivity contribution in [2.75, 3.05) is 4.72 Å². The molecule has 9 heteroatoms. The van der Waals surface area contributed by atoms with Crippen LogP contribution >= 0.6 is 0 Å². The molecule has 2 heterocycles. The van der Waals surface area contributed by atoms with Gasteiger partial charge in [0.2, 0.25) is 0 Å². The second kappa shape index (κ2) is 6.08. The second-order valence-electron chi connectivity index (χ2n) is 5.41. The van der Waals surface area contributed by atoms with Crippen LogP contribution in [0.2, 0.25) is 0 Å². The summed E-state index contributed by atoms with van der Waals surface area (Å²) in [6.45, 7) is 2.04. The van der Waals surface area contributed by atoms with E-state index in [2.05, 4.69) is 14.9 Å². The second-order valence-corrected chi connectivity index (χ2v) is 7.06. The standard InChI is InChI=1S/C15H16FN5O2S/c1-11-15(10-20(2)18-11)24(22,23)19-14-7-17-21(9-14)8-12-3-5-13(16)6-4-12/h3-7,9-10,19H,8H2,1-2H3. The van der Waals surface area contributed by atoms with Crippen LogP contribution in [0, 0.1) is 12.7 Å². The molecule has 0 aliphatic carbocycles. The van der Waals surface area contributed by atoms with E-state index in [0.29, 0.717) is 17.9 Å². The molecule has 0 saturated carbocycles. The van der Waals surface area contributed by atoms with Gasteiger partial charge in [-0.1, -0.05) is 12.1 Å². The predicted octanol–water partition coefficient (Wildman–Crippen LogP) is 1.91. The highest BCUT2D eigenvalue weighted by Crippen LogP contribution is 2.18. The van der Waals surface area contributed by atoms with Crippen molar-refractivity contribution < 1.29 is 12.8 Å². The van der Waals surface area contributed by atoms with E-state index in [4.69, 9.17) is 0 Å². The Morgan fingerprint density at radius 2 is 1.92 bits per heavy atom. The zero-order valence-electron chi connectivity index (χ0n) is 13.1. The summed E-state index contributed by atoms with van der Waals surface area (Å²) < 4.78 is 43.2. The number of aromatic nitrogens is 4. The van der Waals surface area contributed by atoms with Gasteiger partial charge in [0.05, 0.1) is 24.1 Å². The number of nitrogens with zero attached hydrogens (tertiary/aromatic N) is 4. The SMILES string of the molecule is Cc1nn(C)cc1S(=O)(=O)Nc1cnn(Cc2ccc(F)cc2)c1. The normalized spacial score (nSPS) is 11.6. The smallest absolute Gasteiger partial charge is 0.265 e. The zero-order chi connectivity index (χ0) is 17.3. The van der Waals surface area contributed by atoms with Crippen molar-refractivity contribution >= 4 is 15.7 Å². The van der Waals surface area contributed by atoms with Gasteiger partial charge >= 0.3 is 0 Å². The Balaban J connectivity index is 1.76. The van der Waals surface area contributed by atoms with E-state index in [1.807, 2.05) is 0 Å². The lowest BCUT2D eigenvalue weighted by molar-refractivity contribution is 0.600. The van der Waals surface area contributed by atoms with Crippen LogP contribution in [0.25, 0.3) is 0 Å². The molecule has 7 nitrogen and oxygen atoms in total. The van der Waals surface area contributed by atoms with Crippen LogP contribution < -0.4 is 4.72 Å². The summed E-state index contributed by atoms with van der Waals surface area (Å²) in [5.74, 6) is -0.306. The van der Waals surface area contributed by atoms with Gasteiger partial charge in [0.25, 0.3) is 10.0 Å². The van der Waals surface area contributed by atoms with Gasteiger partial charge in [0.15, 0.2) is 0 Å². The summed E-state index contributed by atoms with van der Waals surface area (Å²) in [4.78, 5) is 0.122. The number of sulfonamides is 1. The predicted molar refractivity (Wildman–Crippen MR) is 86.5 cm³/mol. The molecule has 3 aromatic rings. The lowest BCUT2D eigenvalue weighted by Crippen LogP contribution is -2.13. The zero-order valence-corrected chi connectivity index (χ0v) is 14.0. The lowest BCUT2D eigenvalue weighted by atomic mass is 10.2. The maximum atomic E-state index is 12.9. The minimum atomic E-state index is -3.72. The van der Waals surface area contributed by atoms with Gasteiger partial charge in [0.1, 0.15) is 10.7 Å². The summed E-state index contributed by atoms with van der Waals surface area (Å²) in [7, 11) is -2.07. The summed E-state index contributed by atoms with van der Waals surface area (Å²) in [6.07, 6.45) is 4.44. The topological polar surface area (TPSA) is 81.8 Å². The number of hydrogen-bond acceptors (Lipinski definition) is 4. The van der Waals surface area contributed by atoms with Gasteiger partial charge in [-0.05, 0) is 24.6 Å². The van der Waals surface area contributed by atoms with Gasteiger partial charge in [0, 0.05) is 19.4 Å². The van der Waals surface area contributed by atoms with Gasteiger partial charge in [-0.15, -0.1) is 0 Å². The number of aryl methyl sites for hydroxylation is 2. The average Bonchev–Trinajstić information content (AvgIpc) is 3.07. The number of halogens is 1. The van der Waals surface area contributed by atoms with Crippen LogP contribution in [0.3, 0.4) is 0 Å². The lowest BCUT2D eigenvalue weighted by Gasteiger charge is -2.04. The molecule has 0 aliphatic rings. The minimum absolute atomic E-state index is 0.122. The van der Waals surface area contributed by atoms with Crippen LogP contribution in [0.4, 0.5) is 10.1 Å². The Bertz CT molecular complexity index is 960. The van der Waals surface area contributed by atoms with Crippen LogP contribution in [-0.2, 0) is 23.6 Å². The van der Waals surface area contributed by atoms with E-state index in [-0.39, 0.29) is 10.7 Å². The molecule has 0 fully saturated rings. The molecule has 0 amide bonds. The maximum absolute atomic E-state index is 12.9. The monoisotopic (exact) mass is 349 g/mol. The van der Waals surface area contributed by atoms with Crippen LogP contribution in [-0.4, -0.2) is 28.0 Å². The number of benzene rings is 1. The molecule has 0 bridgehead atoms. The van der Waals surface area contributed by atoms with E-state index < -0.39 is 10.0 Å². The highest BCUT2D eigenvalue weighted by atomic mass is 32.2. The Morgan fingerprint density at radius 3 is 2.54 bits per heavy atom. The first-order valence-electron chi connectivity index (χ1n) is 7.13. The summed E-state index contributed by atoms with van der Waals surface area (Å²) in [5.41, 5.74) is 1.63. The highest BCUT2D eigenvalue weighted by molar-refractivity contribution is 7.92. The highest BCUT2D eigenvalue weighted by Gasteiger charge is 2.20. The van der Waals surface area contributed by atoms with Gasteiger partial charge in [-0.3, -0.25) is 14.1 Å². The first kappa shape index (κ1) is 16.2. The van der Waals surface area contributed by atoms with Gasteiger partial charge in [-0.2, -0.15) is 10.2 Å². The molecule has 0 spiro atoms. The molecular weight excluding hydrogens is 333 g/mol. The third-order valence-electron chi connectivity index (χ3n) is 3.40. The molecule has 0 radical (unpaired) electrons. The van der Waals surface area contributed by atoms with Crippen molar-refractivity contribution in [3.63, 3.8) is 0 Å². The molecule has 126 valence electrons. The van der Waals surface area contributed by atoms with E-state index in [0.717, 1.165) is 5.56 Å². The molecular formula is C15H16FN5O2S. The first-order chi connectivity index (χ1) is 11.3. The minimum Gasteiger partial charge on any atom is -0.276 e. The van der Waals surface area contributed by atoms with E-state index in [1.165, 1.54) is 29.2 Å². The van der Waals surface area contributed by atoms with E-state index in [1.54, 1.807) is 37.0 Å². The van der Waals surface area contributed by atoms with Crippen LogP contribution in [0.1, 0.15) is 11.3 Å². The van der Waals surface area contributed by atoms with Crippen molar-refractivity contribution in [2.24, 2.45) is 7.05 Å². The fourth-order valence-electron chi connectivity index (χ4n) is 2.33. The largest absolute Gasteiger partial charge is 0.276 e. The Labute approximate surface area is 138 Å². The average molecular weight is 349 g/mol. The van der Waals surface area contributed by atoms with Crippen molar-refractivity contribution in [1.29, 1.82) is 0 Å². The quantitative estimate of drug-likeness (QED) is 0.763. The Kier molecular flexibility index (Phi) is 4.10. The van der Waals surface area contributed by atoms with Crippen LogP contribution in [0.15, 0.2) is 47.8 Å². The molecule has 0 atom stereocenters. The van der Waals surface area contributed by atoms with Crippen molar-refractivity contribution in [2.45, 2.75) is 18.4 Å². The van der Waals surface area contributed by atoms with Crippen LogP contribution in [0.5, 0.6) is 0 Å². The number of anilines is 1. The maximum Gasteiger partial charge on any atom is 0.265 e. The molecule has 1 N–H and O–H groups in total. The molecule has 3 rings (SSSR count). The third-order valence-corrected chi connectivity index (χ3v) is 4.89. The Hall–Kier alpha value is -2.68. The van der Waals surface area contributed by atoms with Crippen molar-refractivity contribution in [1.82, 2.24) is 19.6 Å². The molecule has 0 aliphatic heterocycles. The number of hydrogen-bond donors (Lipinski definition) is 1. The summed E-state index contributed by atoms with van der Waals surface area (Å²) in [6, 6.07) is 6.04.